The lowest BCUT2D eigenvalue weighted by Crippen LogP contribution is -2.36. The molecule has 144 valence electrons. The van der Waals surface area contributed by atoms with Gasteiger partial charge in [-0.3, -0.25) is 14.7 Å². The zero-order valence-electron chi connectivity index (χ0n) is 14.4. The molecule has 0 aromatic carbocycles. The topological polar surface area (TPSA) is 49.3 Å². The molecule has 0 radical (unpaired) electrons. The SMILES string of the molecule is O=C(c1cnccc1C(F)(F)F)N1CCCN(Cc2ccc(Cl)nc2)CC1. The van der Waals surface area contributed by atoms with Gasteiger partial charge in [0.15, 0.2) is 0 Å². The molecule has 5 nitrogen and oxygen atoms in total. The molecule has 9 heteroatoms. The third-order valence-electron chi connectivity index (χ3n) is 4.43. The van der Waals surface area contributed by atoms with Gasteiger partial charge in [-0.05, 0) is 24.1 Å². The van der Waals surface area contributed by atoms with E-state index in [0.717, 1.165) is 30.6 Å². The average Bonchev–Trinajstić information content (AvgIpc) is 2.88. The van der Waals surface area contributed by atoms with Gasteiger partial charge in [-0.1, -0.05) is 17.7 Å². The van der Waals surface area contributed by atoms with Crippen LogP contribution in [-0.4, -0.2) is 51.9 Å². The van der Waals surface area contributed by atoms with Crippen molar-refractivity contribution in [1.82, 2.24) is 19.8 Å². The number of hydrogen-bond donors (Lipinski definition) is 0. The van der Waals surface area contributed by atoms with Crippen LogP contribution >= 0.6 is 11.6 Å². The smallest absolute Gasteiger partial charge is 0.337 e. The highest BCUT2D eigenvalue weighted by molar-refractivity contribution is 6.29. The van der Waals surface area contributed by atoms with Crippen LogP contribution in [0.5, 0.6) is 0 Å². The second-order valence-corrected chi connectivity index (χ2v) is 6.72. The van der Waals surface area contributed by atoms with Gasteiger partial charge in [0.05, 0.1) is 11.1 Å². The number of halogens is 4. The summed E-state index contributed by atoms with van der Waals surface area (Å²) in [6, 6.07) is 4.44. The van der Waals surface area contributed by atoms with Gasteiger partial charge in [-0.15, -0.1) is 0 Å². The number of alkyl halides is 3. The van der Waals surface area contributed by atoms with E-state index in [2.05, 4.69) is 14.9 Å². The van der Waals surface area contributed by atoms with Gasteiger partial charge >= 0.3 is 6.18 Å². The van der Waals surface area contributed by atoms with Crippen LogP contribution in [0.25, 0.3) is 0 Å². The maximum atomic E-state index is 13.2. The molecule has 1 aliphatic rings. The second kappa shape index (κ2) is 8.22. The molecule has 2 aromatic heterocycles. The first kappa shape index (κ1) is 19.6. The Morgan fingerprint density at radius 1 is 1.11 bits per heavy atom. The van der Waals surface area contributed by atoms with Gasteiger partial charge in [0.25, 0.3) is 5.91 Å². The summed E-state index contributed by atoms with van der Waals surface area (Å²) in [6.07, 6.45) is -0.180. The van der Waals surface area contributed by atoms with Crippen LogP contribution in [0.2, 0.25) is 5.15 Å². The average molecular weight is 399 g/mol. The van der Waals surface area contributed by atoms with Crippen molar-refractivity contribution in [2.45, 2.75) is 19.1 Å². The van der Waals surface area contributed by atoms with Crippen molar-refractivity contribution < 1.29 is 18.0 Å². The number of hydrogen-bond acceptors (Lipinski definition) is 4. The van der Waals surface area contributed by atoms with Gasteiger partial charge < -0.3 is 4.90 Å². The summed E-state index contributed by atoms with van der Waals surface area (Å²) in [5, 5.41) is 0.420. The van der Waals surface area contributed by atoms with Crippen LogP contribution in [0.1, 0.15) is 27.9 Å². The van der Waals surface area contributed by atoms with Crippen molar-refractivity contribution in [3.63, 3.8) is 0 Å². The first-order valence-electron chi connectivity index (χ1n) is 8.48. The number of nitrogens with zero attached hydrogens (tertiary/aromatic N) is 4. The lowest BCUT2D eigenvalue weighted by Gasteiger charge is -2.23. The highest BCUT2D eigenvalue weighted by atomic mass is 35.5. The van der Waals surface area contributed by atoms with E-state index < -0.39 is 23.2 Å². The monoisotopic (exact) mass is 398 g/mol. The fourth-order valence-corrected chi connectivity index (χ4v) is 3.18. The van der Waals surface area contributed by atoms with E-state index >= 15 is 0 Å². The van der Waals surface area contributed by atoms with Crippen LogP contribution in [-0.2, 0) is 12.7 Å². The largest absolute Gasteiger partial charge is 0.417 e. The van der Waals surface area contributed by atoms with Crippen LogP contribution in [0.15, 0.2) is 36.8 Å². The number of carbonyl (C=O) groups excluding carboxylic acids is 1. The molecule has 0 aliphatic carbocycles. The molecule has 0 spiro atoms. The lowest BCUT2D eigenvalue weighted by atomic mass is 10.1. The van der Waals surface area contributed by atoms with Gasteiger partial charge in [0.1, 0.15) is 5.15 Å². The summed E-state index contributed by atoms with van der Waals surface area (Å²) >= 11 is 5.78. The minimum Gasteiger partial charge on any atom is -0.337 e. The van der Waals surface area contributed by atoms with E-state index in [4.69, 9.17) is 11.6 Å². The standard InChI is InChI=1S/C18H18ClF3N4O/c19-16-3-2-13(10-24-16)12-25-6-1-7-26(9-8-25)17(27)14-11-23-5-4-15(14)18(20,21)22/h2-5,10-11H,1,6-9,12H2. The maximum Gasteiger partial charge on any atom is 0.417 e. The quantitative estimate of drug-likeness (QED) is 0.742. The van der Waals surface area contributed by atoms with Crippen molar-refractivity contribution in [3.8, 4) is 0 Å². The summed E-state index contributed by atoms with van der Waals surface area (Å²) in [4.78, 5) is 24.0. The van der Waals surface area contributed by atoms with E-state index in [1.54, 1.807) is 12.3 Å². The van der Waals surface area contributed by atoms with E-state index in [-0.39, 0.29) is 0 Å². The second-order valence-electron chi connectivity index (χ2n) is 6.33. The molecule has 1 amide bonds. The molecule has 1 fully saturated rings. The Hall–Kier alpha value is -2.19. The van der Waals surface area contributed by atoms with Crippen LogP contribution in [0.3, 0.4) is 0 Å². The molecule has 0 atom stereocenters. The zero-order valence-corrected chi connectivity index (χ0v) is 15.2. The Balaban J connectivity index is 1.67. The van der Waals surface area contributed by atoms with E-state index in [9.17, 15) is 18.0 Å². The summed E-state index contributed by atoms with van der Waals surface area (Å²) in [5.41, 5.74) is -0.359. The van der Waals surface area contributed by atoms with Crippen molar-refractivity contribution in [3.05, 3.63) is 58.6 Å². The molecule has 1 saturated heterocycles. The molecule has 3 heterocycles. The number of pyridine rings is 2. The molecule has 27 heavy (non-hydrogen) atoms. The first-order valence-corrected chi connectivity index (χ1v) is 8.85. The Bertz CT molecular complexity index is 798. The molecular weight excluding hydrogens is 381 g/mol. The minimum atomic E-state index is -4.59. The highest BCUT2D eigenvalue weighted by Crippen LogP contribution is 2.32. The van der Waals surface area contributed by atoms with E-state index in [1.165, 1.54) is 4.90 Å². The minimum absolute atomic E-state index is 0.353. The normalized spacial score (nSPS) is 16.2. The summed E-state index contributed by atoms with van der Waals surface area (Å²) < 4.78 is 39.5. The summed E-state index contributed by atoms with van der Waals surface area (Å²) in [6.45, 7) is 2.71. The predicted octanol–water partition coefficient (Wildman–Crippen LogP) is 3.50. The van der Waals surface area contributed by atoms with Crippen molar-refractivity contribution in [2.24, 2.45) is 0 Å². The highest BCUT2D eigenvalue weighted by Gasteiger charge is 2.36. The predicted molar refractivity (Wildman–Crippen MR) is 94.3 cm³/mol. The molecule has 1 aliphatic heterocycles. The molecule has 0 bridgehead atoms. The van der Waals surface area contributed by atoms with Crippen LogP contribution in [0, 0.1) is 0 Å². The van der Waals surface area contributed by atoms with Gasteiger partial charge in [0.2, 0.25) is 0 Å². The summed E-state index contributed by atoms with van der Waals surface area (Å²) in [7, 11) is 0. The van der Waals surface area contributed by atoms with E-state index in [1.807, 2.05) is 6.07 Å². The fraction of sp³-hybridized carbons (Fsp3) is 0.389. The Kier molecular flexibility index (Phi) is 5.96. The van der Waals surface area contributed by atoms with Gasteiger partial charge in [-0.2, -0.15) is 13.2 Å². The third-order valence-corrected chi connectivity index (χ3v) is 4.65. The van der Waals surface area contributed by atoms with Gasteiger partial charge in [-0.25, -0.2) is 4.98 Å². The first-order chi connectivity index (χ1) is 12.8. The zero-order chi connectivity index (χ0) is 19.4. The molecule has 0 unspecified atom stereocenters. The van der Waals surface area contributed by atoms with Crippen molar-refractivity contribution in [2.75, 3.05) is 26.2 Å². The van der Waals surface area contributed by atoms with Crippen molar-refractivity contribution >= 4 is 17.5 Å². The number of carbonyl (C=O) groups is 1. The number of rotatable bonds is 3. The van der Waals surface area contributed by atoms with Crippen LogP contribution in [0.4, 0.5) is 13.2 Å². The Morgan fingerprint density at radius 3 is 2.63 bits per heavy atom. The maximum absolute atomic E-state index is 13.2. The fourth-order valence-electron chi connectivity index (χ4n) is 3.07. The molecule has 3 rings (SSSR count). The van der Waals surface area contributed by atoms with Crippen molar-refractivity contribution in [1.29, 1.82) is 0 Å². The van der Waals surface area contributed by atoms with Gasteiger partial charge in [0, 0.05) is 51.3 Å². The third kappa shape index (κ3) is 4.95. The molecule has 0 N–H and O–H groups in total. The molecule has 0 saturated carbocycles. The summed E-state index contributed by atoms with van der Waals surface area (Å²) in [5.74, 6) is -0.634. The lowest BCUT2D eigenvalue weighted by molar-refractivity contribution is -0.138. The molecular formula is C18H18ClF3N4O. The van der Waals surface area contributed by atoms with E-state index in [0.29, 0.717) is 37.8 Å². The molecule has 2 aromatic rings. The Morgan fingerprint density at radius 2 is 1.93 bits per heavy atom. The number of amides is 1. The Labute approximate surface area is 159 Å². The van der Waals surface area contributed by atoms with Crippen LogP contribution < -0.4 is 0 Å². The number of aromatic nitrogens is 2.